The summed E-state index contributed by atoms with van der Waals surface area (Å²) < 4.78 is 10.4. The van der Waals surface area contributed by atoms with Gasteiger partial charge in [0.2, 0.25) is 0 Å². The number of thiazole rings is 1. The van der Waals surface area contributed by atoms with Gasteiger partial charge in [0.1, 0.15) is 17.2 Å². The molecule has 0 spiro atoms. The predicted molar refractivity (Wildman–Crippen MR) is 94.1 cm³/mol. The van der Waals surface area contributed by atoms with Gasteiger partial charge < -0.3 is 19.8 Å². The molecule has 1 aromatic carbocycles. The van der Waals surface area contributed by atoms with Crippen molar-refractivity contribution in [3.63, 3.8) is 0 Å². The first kappa shape index (κ1) is 16.1. The zero-order chi connectivity index (χ0) is 17.1. The van der Waals surface area contributed by atoms with E-state index in [1.807, 2.05) is 12.3 Å². The molecule has 0 saturated carbocycles. The van der Waals surface area contributed by atoms with Crippen LogP contribution in [0.25, 0.3) is 11.3 Å². The van der Waals surface area contributed by atoms with Gasteiger partial charge in [0.15, 0.2) is 0 Å². The molecule has 7 heteroatoms. The summed E-state index contributed by atoms with van der Waals surface area (Å²) in [5.74, 6) is 0.937. The van der Waals surface area contributed by atoms with Gasteiger partial charge in [-0.1, -0.05) is 0 Å². The second kappa shape index (κ2) is 6.76. The Bertz CT molecular complexity index is 870. The molecule has 0 aliphatic heterocycles. The third kappa shape index (κ3) is 3.26. The molecular formula is C17H17N3O3S. The van der Waals surface area contributed by atoms with E-state index in [2.05, 4.69) is 15.3 Å². The molecule has 2 N–H and O–H groups in total. The smallest absolute Gasteiger partial charge is 0.272 e. The Morgan fingerprint density at radius 3 is 2.75 bits per heavy atom. The molecule has 0 saturated heterocycles. The number of methoxy groups -OCH3 is 2. The summed E-state index contributed by atoms with van der Waals surface area (Å²) in [5.41, 5.74) is 2.76. The van der Waals surface area contributed by atoms with Gasteiger partial charge in [-0.05, 0) is 25.1 Å². The highest BCUT2D eigenvalue weighted by atomic mass is 32.1. The van der Waals surface area contributed by atoms with Crippen molar-refractivity contribution in [3.05, 3.63) is 46.5 Å². The van der Waals surface area contributed by atoms with Gasteiger partial charge in [-0.25, -0.2) is 4.98 Å². The number of amides is 1. The van der Waals surface area contributed by atoms with Crippen molar-refractivity contribution in [2.24, 2.45) is 0 Å². The lowest BCUT2D eigenvalue weighted by atomic mass is 10.2. The first-order chi connectivity index (χ1) is 11.6. The quantitative estimate of drug-likeness (QED) is 0.740. The molecule has 6 nitrogen and oxygen atoms in total. The SMILES string of the molecule is COc1ccc(NC(=O)c2cc(-c3csc(C)n3)c[nH]2)c(OC)c1. The molecule has 2 heterocycles. The van der Waals surface area contributed by atoms with E-state index in [-0.39, 0.29) is 5.91 Å². The Hall–Kier alpha value is -2.80. The molecule has 0 bridgehead atoms. The van der Waals surface area contributed by atoms with Gasteiger partial charge in [-0.3, -0.25) is 4.79 Å². The maximum absolute atomic E-state index is 12.4. The lowest BCUT2D eigenvalue weighted by Crippen LogP contribution is -2.13. The molecular weight excluding hydrogens is 326 g/mol. The summed E-state index contributed by atoms with van der Waals surface area (Å²) in [4.78, 5) is 19.8. The molecule has 24 heavy (non-hydrogen) atoms. The molecule has 0 aliphatic carbocycles. The van der Waals surface area contributed by atoms with Crippen molar-refractivity contribution in [1.82, 2.24) is 9.97 Å². The fraction of sp³-hybridized carbons (Fsp3) is 0.176. The van der Waals surface area contributed by atoms with Crippen LogP contribution in [0.5, 0.6) is 11.5 Å². The predicted octanol–water partition coefficient (Wildman–Crippen LogP) is 3.72. The van der Waals surface area contributed by atoms with E-state index in [1.165, 1.54) is 0 Å². The van der Waals surface area contributed by atoms with Crippen molar-refractivity contribution in [2.45, 2.75) is 6.92 Å². The molecule has 0 unspecified atom stereocenters. The minimum Gasteiger partial charge on any atom is -0.497 e. The van der Waals surface area contributed by atoms with Crippen LogP contribution in [0.2, 0.25) is 0 Å². The largest absolute Gasteiger partial charge is 0.497 e. The van der Waals surface area contributed by atoms with E-state index >= 15 is 0 Å². The Morgan fingerprint density at radius 2 is 2.08 bits per heavy atom. The van der Waals surface area contributed by atoms with Crippen molar-refractivity contribution < 1.29 is 14.3 Å². The molecule has 0 aliphatic rings. The van der Waals surface area contributed by atoms with Crippen LogP contribution in [0.3, 0.4) is 0 Å². The van der Waals surface area contributed by atoms with Crippen LogP contribution < -0.4 is 14.8 Å². The van der Waals surface area contributed by atoms with E-state index < -0.39 is 0 Å². The summed E-state index contributed by atoms with van der Waals surface area (Å²) in [7, 11) is 3.12. The highest BCUT2D eigenvalue weighted by Gasteiger charge is 2.14. The number of hydrogen-bond acceptors (Lipinski definition) is 5. The maximum Gasteiger partial charge on any atom is 0.272 e. The molecule has 2 aromatic heterocycles. The normalized spacial score (nSPS) is 10.5. The second-order valence-electron chi connectivity index (χ2n) is 5.07. The van der Waals surface area contributed by atoms with E-state index in [0.29, 0.717) is 22.9 Å². The number of nitrogens with one attached hydrogen (secondary N) is 2. The van der Waals surface area contributed by atoms with Crippen LogP contribution >= 0.6 is 11.3 Å². The number of anilines is 1. The number of benzene rings is 1. The van der Waals surface area contributed by atoms with Gasteiger partial charge >= 0.3 is 0 Å². The number of rotatable bonds is 5. The molecule has 0 atom stereocenters. The average Bonchev–Trinajstić information content (AvgIpc) is 3.24. The minimum absolute atomic E-state index is 0.253. The highest BCUT2D eigenvalue weighted by molar-refractivity contribution is 7.09. The Morgan fingerprint density at radius 1 is 1.25 bits per heavy atom. The van der Waals surface area contributed by atoms with Crippen LogP contribution in [-0.4, -0.2) is 30.1 Å². The lowest BCUT2D eigenvalue weighted by Gasteiger charge is -2.11. The van der Waals surface area contributed by atoms with E-state index in [9.17, 15) is 4.79 Å². The number of nitrogens with zero attached hydrogens (tertiary/aromatic N) is 1. The number of carbonyl (C=O) groups is 1. The number of aromatic nitrogens is 2. The molecule has 3 aromatic rings. The summed E-state index contributed by atoms with van der Waals surface area (Å²) in [5, 5.41) is 5.78. The summed E-state index contributed by atoms with van der Waals surface area (Å²) >= 11 is 1.57. The fourth-order valence-electron chi connectivity index (χ4n) is 2.26. The zero-order valence-corrected chi connectivity index (χ0v) is 14.4. The third-order valence-electron chi connectivity index (χ3n) is 3.50. The van der Waals surface area contributed by atoms with E-state index in [1.54, 1.807) is 56.0 Å². The highest BCUT2D eigenvalue weighted by Crippen LogP contribution is 2.29. The number of H-pyrrole nitrogens is 1. The van der Waals surface area contributed by atoms with Crippen molar-refractivity contribution in [1.29, 1.82) is 0 Å². The van der Waals surface area contributed by atoms with Crippen molar-refractivity contribution in [2.75, 3.05) is 19.5 Å². The van der Waals surface area contributed by atoms with Crippen LogP contribution in [0.1, 0.15) is 15.5 Å². The summed E-state index contributed by atoms with van der Waals surface area (Å²) in [6.07, 6.45) is 1.77. The van der Waals surface area contributed by atoms with Crippen LogP contribution in [0, 0.1) is 6.92 Å². The number of ether oxygens (including phenoxy) is 2. The minimum atomic E-state index is -0.253. The molecule has 124 valence electrons. The van der Waals surface area contributed by atoms with Gasteiger partial charge in [0, 0.05) is 23.2 Å². The van der Waals surface area contributed by atoms with Crippen molar-refractivity contribution >= 4 is 22.9 Å². The molecule has 0 radical (unpaired) electrons. The van der Waals surface area contributed by atoms with Crippen LogP contribution in [0.4, 0.5) is 5.69 Å². The lowest BCUT2D eigenvalue weighted by molar-refractivity contribution is 0.102. The Balaban J connectivity index is 1.79. The summed E-state index contributed by atoms with van der Waals surface area (Å²) in [6, 6.07) is 6.99. The number of hydrogen-bond donors (Lipinski definition) is 2. The molecule has 1 amide bonds. The molecule has 3 rings (SSSR count). The van der Waals surface area contributed by atoms with Gasteiger partial charge in [-0.2, -0.15) is 0 Å². The maximum atomic E-state index is 12.4. The van der Waals surface area contributed by atoms with Crippen molar-refractivity contribution in [3.8, 4) is 22.8 Å². The number of aryl methyl sites for hydroxylation is 1. The Kier molecular flexibility index (Phi) is 4.52. The monoisotopic (exact) mass is 343 g/mol. The third-order valence-corrected chi connectivity index (χ3v) is 4.27. The first-order valence-electron chi connectivity index (χ1n) is 7.25. The van der Waals surface area contributed by atoms with Gasteiger partial charge in [-0.15, -0.1) is 11.3 Å². The van der Waals surface area contributed by atoms with E-state index in [0.717, 1.165) is 16.3 Å². The van der Waals surface area contributed by atoms with E-state index in [4.69, 9.17) is 9.47 Å². The standard InChI is InChI=1S/C17H17N3O3S/c1-10-19-15(9-24-10)11-6-14(18-8-11)17(21)20-13-5-4-12(22-2)7-16(13)23-3/h4-9,18H,1-3H3,(H,20,21). The first-order valence-corrected chi connectivity index (χ1v) is 8.13. The van der Waals surface area contributed by atoms with Crippen LogP contribution in [0.15, 0.2) is 35.8 Å². The molecule has 0 fully saturated rings. The fourth-order valence-corrected chi connectivity index (χ4v) is 2.88. The summed E-state index contributed by atoms with van der Waals surface area (Å²) in [6.45, 7) is 1.95. The van der Waals surface area contributed by atoms with Gasteiger partial charge in [0.05, 0.1) is 30.6 Å². The average molecular weight is 343 g/mol. The topological polar surface area (TPSA) is 76.2 Å². The zero-order valence-electron chi connectivity index (χ0n) is 13.5. The van der Waals surface area contributed by atoms with Gasteiger partial charge in [0.25, 0.3) is 5.91 Å². The number of aromatic amines is 1. The number of carbonyl (C=O) groups excluding carboxylic acids is 1. The van der Waals surface area contributed by atoms with Crippen LogP contribution in [-0.2, 0) is 0 Å². The Labute approximate surface area is 143 Å². The second-order valence-corrected chi connectivity index (χ2v) is 6.14.